The minimum Gasteiger partial charge on any atom is -0.497 e. The van der Waals surface area contributed by atoms with E-state index in [0.717, 1.165) is 16.4 Å². The summed E-state index contributed by atoms with van der Waals surface area (Å²) in [6.45, 7) is 2.10. The molecule has 1 N–H and O–H groups in total. The van der Waals surface area contributed by atoms with Crippen molar-refractivity contribution in [3.63, 3.8) is 0 Å². The molecular formula is C12H14N2OS. The van der Waals surface area contributed by atoms with Crippen molar-refractivity contribution in [3.8, 4) is 5.75 Å². The largest absolute Gasteiger partial charge is 0.497 e. The monoisotopic (exact) mass is 234 g/mol. The number of aromatic nitrogens is 1. The Hall–Kier alpha value is -1.55. The third-order valence-corrected chi connectivity index (χ3v) is 3.25. The van der Waals surface area contributed by atoms with Crippen LogP contribution in [0.15, 0.2) is 35.8 Å². The lowest BCUT2D eigenvalue weighted by molar-refractivity contribution is 0.415. The highest BCUT2D eigenvalue weighted by molar-refractivity contribution is 7.09. The van der Waals surface area contributed by atoms with Crippen molar-refractivity contribution in [2.75, 3.05) is 12.4 Å². The number of thiazole rings is 1. The number of nitrogens with one attached hydrogen (secondary N) is 1. The van der Waals surface area contributed by atoms with Crippen LogP contribution in [0.1, 0.15) is 18.0 Å². The molecule has 0 amide bonds. The minimum absolute atomic E-state index is 0.230. The molecule has 1 unspecified atom stereocenters. The molecule has 0 radical (unpaired) electrons. The summed E-state index contributed by atoms with van der Waals surface area (Å²) < 4.78 is 5.11. The second-order valence-corrected chi connectivity index (χ2v) is 4.39. The number of benzene rings is 1. The summed E-state index contributed by atoms with van der Waals surface area (Å²) in [6.07, 6.45) is 1.83. The Morgan fingerprint density at radius 1 is 1.31 bits per heavy atom. The summed E-state index contributed by atoms with van der Waals surface area (Å²) in [7, 11) is 1.67. The van der Waals surface area contributed by atoms with Crippen LogP contribution in [0.4, 0.5) is 5.69 Å². The summed E-state index contributed by atoms with van der Waals surface area (Å²) in [5, 5.41) is 6.47. The van der Waals surface area contributed by atoms with Crippen molar-refractivity contribution in [1.82, 2.24) is 4.98 Å². The SMILES string of the molecule is COc1ccc(NC(C)c2nccs2)cc1. The Labute approximate surface area is 99.1 Å². The highest BCUT2D eigenvalue weighted by Crippen LogP contribution is 2.22. The van der Waals surface area contributed by atoms with E-state index in [0.29, 0.717) is 0 Å². The maximum absolute atomic E-state index is 5.11. The Bertz CT molecular complexity index is 425. The number of rotatable bonds is 4. The molecule has 0 fully saturated rings. The lowest BCUT2D eigenvalue weighted by atomic mass is 10.2. The van der Waals surface area contributed by atoms with Crippen molar-refractivity contribution < 1.29 is 4.74 Å². The molecule has 84 valence electrons. The van der Waals surface area contributed by atoms with Crippen molar-refractivity contribution >= 4 is 17.0 Å². The van der Waals surface area contributed by atoms with Crippen LogP contribution in [-0.2, 0) is 0 Å². The highest BCUT2D eigenvalue weighted by Gasteiger charge is 2.07. The van der Waals surface area contributed by atoms with E-state index in [4.69, 9.17) is 4.74 Å². The predicted octanol–water partition coefficient (Wildman–Crippen LogP) is 3.32. The normalized spacial score (nSPS) is 12.1. The zero-order valence-corrected chi connectivity index (χ0v) is 10.1. The molecule has 0 aliphatic rings. The first-order chi connectivity index (χ1) is 7.79. The lowest BCUT2D eigenvalue weighted by Crippen LogP contribution is -2.05. The first kappa shape index (κ1) is 11.0. The molecule has 1 aromatic carbocycles. The van der Waals surface area contributed by atoms with Gasteiger partial charge in [-0.3, -0.25) is 0 Å². The van der Waals surface area contributed by atoms with Gasteiger partial charge in [0.15, 0.2) is 0 Å². The van der Waals surface area contributed by atoms with Gasteiger partial charge < -0.3 is 10.1 Å². The van der Waals surface area contributed by atoms with Gasteiger partial charge in [-0.25, -0.2) is 4.98 Å². The van der Waals surface area contributed by atoms with E-state index in [9.17, 15) is 0 Å². The van der Waals surface area contributed by atoms with E-state index in [2.05, 4.69) is 17.2 Å². The van der Waals surface area contributed by atoms with Crippen LogP contribution < -0.4 is 10.1 Å². The number of hydrogen-bond donors (Lipinski definition) is 1. The van der Waals surface area contributed by atoms with Crippen molar-refractivity contribution in [3.05, 3.63) is 40.8 Å². The number of nitrogens with zero attached hydrogens (tertiary/aromatic N) is 1. The molecule has 4 heteroatoms. The van der Waals surface area contributed by atoms with Gasteiger partial charge in [-0.2, -0.15) is 0 Å². The second kappa shape index (κ2) is 4.99. The van der Waals surface area contributed by atoms with Crippen molar-refractivity contribution in [2.45, 2.75) is 13.0 Å². The Morgan fingerprint density at radius 3 is 2.62 bits per heavy atom. The van der Waals surface area contributed by atoms with Crippen LogP contribution in [0.25, 0.3) is 0 Å². The minimum atomic E-state index is 0.230. The van der Waals surface area contributed by atoms with Crippen LogP contribution in [0.3, 0.4) is 0 Å². The summed E-state index contributed by atoms with van der Waals surface area (Å²) in [6, 6.07) is 8.12. The molecule has 1 heterocycles. The summed E-state index contributed by atoms with van der Waals surface area (Å²) in [5.41, 5.74) is 1.07. The lowest BCUT2D eigenvalue weighted by Gasteiger charge is -2.12. The van der Waals surface area contributed by atoms with Crippen LogP contribution >= 0.6 is 11.3 Å². The third kappa shape index (κ3) is 2.52. The van der Waals surface area contributed by atoms with Gasteiger partial charge in [0.1, 0.15) is 10.8 Å². The van der Waals surface area contributed by atoms with E-state index in [-0.39, 0.29) is 6.04 Å². The van der Waals surface area contributed by atoms with E-state index in [1.807, 2.05) is 35.8 Å². The molecule has 16 heavy (non-hydrogen) atoms. The fourth-order valence-corrected chi connectivity index (χ4v) is 2.09. The van der Waals surface area contributed by atoms with Gasteiger partial charge >= 0.3 is 0 Å². The average Bonchev–Trinajstić information content (AvgIpc) is 2.83. The van der Waals surface area contributed by atoms with Crippen LogP contribution in [0.2, 0.25) is 0 Å². The molecule has 1 atom stereocenters. The molecule has 0 saturated heterocycles. The van der Waals surface area contributed by atoms with Crippen LogP contribution in [0.5, 0.6) is 5.75 Å². The molecule has 0 saturated carbocycles. The molecule has 0 spiro atoms. The summed E-state index contributed by atoms with van der Waals surface area (Å²) in [4.78, 5) is 4.28. The van der Waals surface area contributed by atoms with Gasteiger partial charge in [0.05, 0.1) is 13.2 Å². The predicted molar refractivity (Wildman–Crippen MR) is 67.1 cm³/mol. The number of anilines is 1. The van der Waals surface area contributed by atoms with Crippen molar-refractivity contribution in [1.29, 1.82) is 0 Å². The topological polar surface area (TPSA) is 34.1 Å². The highest BCUT2D eigenvalue weighted by atomic mass is 32.1. The molecule has 0 bridgehead atoms. The maximum Gasteiger partial charge on any atom is 0.119 e. The standard InChI is InChI=1S/C12H14N2OS/c1-9(12-13-7-8-16-12)14-10-3-5-11(15-2)6-4-10/h3-9,14H,1-2H3. The molecule has 2 rings (SSSR count). The van der Waals surface area contributed by atoms with Crippen LogP contribution in [-0.4, -0.2) is 12.1 Å². The molecule has 0 aliphatic carbocycles. The van der Waals surface area contributed by atoms with E-state index in [1.165, 1.54) is 0 Å². The molecule has 0 aliphatic heterocycles. The van der Waals surface area contributed by atoms with E-state index >= 15 is 0 Å². The summed E-state index contributed by atoms with van der Waals surface area (Å²) >= 11 is 1.66. The van der Waals surface area contributed by atoms with E-state index in [1.54, 1.807) is 18.4 Å². The van der Waals surface area contributed by atoms with Gasteiger partial charge in [0, 0.05) is 17.3 Å². The zero-order chi connectivity index (χ0) is 11.4. The van der Waals surface area contributed by atoms with Gasteiger partial charge in [0.25, 0.3) is 0 Å². The molecule has 2 aromatic rings. The number of ether oxygens (including phenoxy) is 1. The van der Waals surface area contributed by atoms with Crippen LogP contribution in [0, 0.1) is 0 Å². The zero-order valence-electron chi connectivity index (χ0n) is 9.31. The van der Waals surface area contributed by atoms with Gasteiger partial charge in [-0.1, -0.05) is 0 Å². The quantitative estimate of drug-likeness (QED) is 0.881. The Balaban J connectivity index is 2.03. The Kier molecular flexibility index (Phi) is 3.41. The third-order valence-electron chi connectivity index (χ3n) is 2.30. The van der Waals surface area contributed by atoms with Gasteiger partial charge in [-0.15, -0.1) is 11.3 Å². The first-order valence-electron chi connectivity index (χ1n) is 5.09. The molecule has 1 aromatic heterocycles. The molecular weight excluding hydrogens is 220 g/mol. The second-order valence-electron chi connectivity index (χ2n) is 3.46. The van der Waals surface area contributed by atoms with E-state index < -0.39 is 0 Å². The van der Waals surface area contributed by atoms with Crippen molar-refractivity contribution in [2.24, 2.45) is 0 Å². The van der Waals surface area contributed by atoms with Gasteiger partial charge in [0.2, 0.25) is 0 Å². The maximum atomic E-state index is 5.11. The summed E-state index contributed by atoms with van der Waals surface area (Å²) in [5.74, 6) is 0.868. The first-order valence-corrected chi connectivity index (χ1v) is 5.97. The number of hydrogen-bond acceptors (Lipinski definition) is 4. The fourth-order valence-electron chi connectivity index (χ4n) is 1.45. The van der Waals surface area contributed by atoms with Gasteiger partial charge in [-0.05, 0) is 31.2 Å². The fraction of sp³-hybridized carbons (Fsp3) is 0.250. The number of methoxy groups -OCH3 is 1. The molecule has 3 nitrogen and oxygen atoms in total. The Morgan fingerprint density at radius 2 is 2.06 bits per heavy atom. The average molecular weight is 234 g/mol. The smallest absolute Gasteiger partial charge is 0.119 e.